The Hall–Kier alpha value is -0.630. The van der Waals surface area contributed by atoms with Crippen molar-refractivity contribution in [3.05, 3.63) is 24.3 Å². The molecule has 0 saturated heterocycles. The molecule has 0 unspecified atom stereocenters. The van der Waals surface area contributed by atoms with Crippen molar-refractivity contribution in [2.75, 3.05) is 5.75 Å². The van der Waals surface area contributed by atoms with Crippen LogP contribution in [0.15, 0.2) is 28.6 Å². The number of nitrogens with zero attached hydrogens (tertiary/aromatic N) is 2. The molecule has 0 aliphatic heterocycles. The molecule has 1 aromatic heterocycles. The fourth-order valence-corrected chi connectivity index (χ4v) is 8.76. The largest absolute Gasteiger partial charge is 0.279 e. The van der Waals surface area contributed by atoms with Crippen LogP contribution in [-0.4, -0.2) is 28.9 Å². The van der Waals surface area contributed by atoms with Crippen LogP contribution >= 0.6 is 23.3 Å². The maximum atomic E-state index is 13.5. The second kappa shape index (κ2) is 12.4. The van der Waals surface area contributed by atoms with E-state index in [0.29, 0.717) is 0 Å². The van der Waals surface area contributed by atoms with Crippen molar-refractivity contribution >= 4 is 43.5 Å². The Morgan fingerprint density at radius 3 is 2.37 bits per heavy atom. The smallest absolute Gasteiger partial charge is 0.224 e. The molecule has 1 saturated carbocycles. The molecule has 0 atom stereocenters. The zero-order valence-corrected chi connectivity index (χ0v) is 20.7. The lowest BCUT2D eigenvalue weighted by atomic mass is 9.96. The number of hydrogen-bond acceptors (Lipinski definition) is 5. The molecule has 1 heterocycles. The van der Waals surface area contributed by atoms with Crippen LogP contribution in [0.1, 0.15) is 90.4 Å². The van der Waals surface area contributed by atoms with Gasteiger partial charge in [-0.1, -0.05) is 95.2 Å². The first-order valence-electron chi connectivity index (χ1n) is 11.7. The minimum atomic E-state index is -3.57. The summed E-state index contributed by atoms with van der Waals surface area (Å²) in [7, 11) is -3.57. The van der Waals surface area contributed by atoms with Gasteiger partial charge in [-0.3, -0.25) is 0 Å². The average Bonchev–Trinajstić information content (AvgIpc) is 3.21. The summed E-state index contributed by atoms with van der Waals surface area (Å²) in [5.41, 5.74) is 0.776. The molecule has 30 heavy (non-hydrogen) atoms. The SMILES string of the molecule is CCCCCCCCCCSN(C1CCCCC1)S(=O)(=O)c1nc2ccccc2s1. The van der Waals surface area contributed by atoms with E-state index in [9.17, 15) is 8.42 Å². The van der Waals surface area contributed by atoms with E-state index in [4.69, 9.17) is 0 Å². The van der Waals surface area contributed by atoms with Crippen LogP contribution in [0, 0.1) is 0 Å². The number of benzene rings is 1. The highest BCUT2D eigenvalue weighted by Gasteiger charge is 2.35. The Morgan fingerprint density at radius 2 is 1.67 bits per heavy atom. The third kappa shape index (κ3) is 6.68. The molecule has 7 heteroatoms. The number of sulfonamides is 1. The maximum absolute atomic E-state index is 13.5. The number of hydrogen-bond donors (Lipinski definition) is 0. The Morgan fingerprint density at radius 1 is 1.00 bits per heavy atom. The van der Waals surface area contributed by atoms with Gasteiger partial charge in [0.25, 0.3) is 10.0 Å². The Balaban J connectivity index is 1.59. The molecule has 168 valence electrons. The molecule has 0 spiro atoms. The lowest BCUT2D eigenvalue weighted by molar-refractivity contribution is 0.345. The molecule has 3 rings (SSSR count). The van der Waals surface area contributed by atoms with Crippen molar-refractivity contribution in [1.29, 1.82) is 0 Å². The summed E-state index contributed by atoms with van der Waals surface area (Å²) in [5, 5.41) is 0. The van der Waals surface area contributed by atoms with Crippen molar-refractivity contribution in [3.63, 3.8) is 0 Å². The van der Waals surface area contributed by atoms with Gasteiger partial charge in [-0.05, 0) is 31.4 Å². The lowest BCUT2D eigenvalue weighted by Gasteiger charge is -2.31. The molecular formula is C23H36N2O2S3. The fraction of sp³-hybridized carbons (Fsp3) is 0.696. The Labute approximate surface area is 191 Å². The van der Waals surface area contributed by atoms with Crippen molar-refractivity contribution < 1.29 is 8.42 Å². The maximum Gasteiger partial charge on any atom is 0.279 e. The summed E-state index contributed by atoms with van der Waals surface area (Å²) < 4.78 is 30.0. The highest BCUT2D eigenvalue weighted by molar-refractivity contribution is 8.09. The fourth-order valence-electron chi connectivity index (χ4n) is 4.09. The minimum Gasteiger partial charge on any atom is -0.224 e. The van der Waals surface area contributed by atoms with Crippen LogP contribution in [0.2, 0.25) is 0 Å². The second-order valence-corrected chi connectivity index (χ2v) is 12.6. The van der Waals surface area contributed by atoms with E-state index < -0.39 is 10.0 Å². The highest BCUT2D eigenvalue weighted by atomic mass is 32.3. The Bertz CT molecular complexity index is 827. The second-order valence-electron chi connectivity index (χ2n) is 8.31. The molecule has 2 aromatic rings. The van der Waals surface area contributed by atoms with Gasteiger partial charge < -0.3 is 0 Å². The topological polar surface area (TPSA) is 50.3 Å². The predicted molar refractivity (Wildman–Crippen MR) is 131 cm³/mol. The van der Waals surface area contributed by atoms with Crippen molar-refractivity contribution in [2.24, 2.45) is 0 Å². The highest BCUT2D eigenvalue weighted by Crippen LogP contribution is 2.36. The normalized spacial score (nSPS) is 15.9. The van der Waals surface area contributed by atoms with Crippen LogP contribution in [0.4, 0.5) is 0 Å². The molecule has 1 aliphatic rings. The number of para-hydroxylation sites is 1. The van der Waals surface area contributed by atoms with Crippen LogP contribution in [0.5, 0.6) is 0 Å². The van der Waals surface area contributed by atoms with Gasteiger partial charge in [0.1, 0.15) is 0 Å². The van der Waals surface area contributed by atoms with Gasteiger partial charge >= 0.3 is 0 Å². The zero-order valence-electron chi connectivity index (χ0n) is 18.2. The molecule has 0 N–H and O–H groups in total. The lowest BCUT2D eigenvalue weighted by Crippen LogP contribution is -2.36. The molecule has 0 bridgehead atoms. The molecule has 1 aliphatic carbocycles. The predicted octanol–water partition coefficient (Wildman–Crippen LogP) is 7.41. The summed E-state index contributed by atoms with van der Waals surface area (Å²) >= 11 is 2.82. The molecular weight excluding hydrogens is 432 g/mol. The first kappa shape index (κ1) is 24.0. The number of rotatable bonds is 13. The quantitative estimate of drug-likeness (QED) is 0.227. The third-order valence-corrected chi connectivity index (χ3v) is 10.8. The standard InChI is InChI=1S/C23H36N2O2S3/c1-2-3-4-5-6-7-8-14-19-28-25(20-15-10-9-11-16-20)30(26,27)23-24-21-17-12-13-18-22(21)29-23/h12-13,17-18,20H,2-11,14-16,19H2,1H3. The van der Waals surface area contributed by atoms with E-state index >= 15 is 0 Å². The van der Waals surface area contributed by atoms with E-state index in [2.05, 4.69) is 11.9 Å². The monoisotopic (exact) mass is 468 g/mol. The van der Waals surface area contributed by atoms with Gasteiger partial charge in [-0.2, -0.15) is 0 Å². The zero-order chi connectivity index (χ0) is 21.2. The molecule has 0 radical (unpaired) electrons. The average molecular weight is 469 g/mol. The summed E-state index contributed by atoms with van der Waals surface area (Å²) in [4.78, 5) is 4.47. The van der Waals surface area contributed by atoms with E-state index in [-0.39, 0.29) is 10.4 Å². The van der Waals surface area contributed by atoms with Crippen LogP contribution in [0.25, 0.3) is 10.2 Å². The number of thiazole rings is 1. The summed E-state index contributed by atoms with van der Waals surface area (Å²) in [6, 6.07) is 7.80. The third-order valence-electron chi connectivity index (χ3n) is 5.82. The van der Waals surface area contributed by atoms with E-state index in [1.54, 1.807) is 3.71 Å². The molecule has 4 nitrogen and oxygen atoms in total. The molecule has 1 fully saturated rings. The van der Waals surface area contributed by atoms with Crippen molar-refractivity contribution in [3.8, 4) is 0 Å². The van der Waals surface area contributed by atoms with Gasteiger partial charge in [0.2, 0.25) is 4.34 Å². The molecule has 1 aromatic carbocycles. The van der Waals surface area contributed by atoms with Crippen LogP contribution < -0.4 is 0 Å². The minimum absolute atomic E-state index is 0.106. The summed E-state index contributed by atoms with van der Waals surface area (Å²) in [6.45, 7) is 2.25. The summed E-state index contributed by atoms with van der Waals surface area (Å²) in [5.74, 6) is 0.871. The van der Waals surface area contributed by atoms with Gasteiger partial charge in [-0.15, -0.1) is 15.0 Å². The first-order chi connectivity index (χ1) is 14.6. The van der Waals surface area contributed by atoms with E-state index in [0.717, 1.165) is 48.1 Å². The number of unbranched alkanes of at least 4 members (excludes halogenated alkanes) is 7. The van der Waals surface area contributed by atoms with Gasteiger partial charge in [0, 0.05) is 11.8 Å². The first-order valence-corrected chi connectivity index (χ1v) is 14.9. The van der Waals surface area contributed by atoms with Gasteiger partial charge in [0.05, 0.1) is 10.2 Å². The van der Waals surface area contributed by atoms with Gasteiger partial charge in [0.15, 0.2) is 0 Å². The van der Waals surface area contributed by atoms with Crippen molar-refractivity contribution in [2.45, 2.75) is 101 Å². The molecule has 0 amide bonds. The van der Waals surface area contributed by atoms with Crippen molar-refractivity contribution in [1.82, 2.24) is 8.69 Å². The van der Waals surface area contributed by atoms with Gasteiger partial charge in [-0.25, -0.2) is 13.4 Å². The van der Waals surface area contributed by atoms with Crippen LogP contribution in [0.3, 0.4) is 0 Å². The van der Waals surface area contributed by atoms with E-state index in [1.807, 2.05) is 24.3 Å². The number of aromatic nitrogens is 1. The summed E-state index contributed by atoms with van der Waals surface area (Å²) in [6.07, 6.45) is 15.5. The Kier molecular flexibility index (Phi) is 9.94. The van der Waals surface area contributed by atoms with Crippen LogP contribution in [-0.2, 0) is 10.0 Å². The number of fused-ring (bicyclic) bond motifs is 1. The van der Waals surface area contributed by atoms with E-state index in [1.165, 1.54) is 74.7 Å².